The zero-order valence-electron chi connectivity index (χ0n) is 13.0. The third kappa shape index (κ3) is 3.28. The van der Waals surface area contributed by atoms with E-state index in [2.05, 4.69) is 15.3 Å². The van der Waals surface area contributed by atoms with Gasteiger partial charge < -0.3 is 20.0 Å². The molecular weight excluding hydrogens is 312 g/mol. The molecule has 0 amide bonds. The molecule has 0 saturated heterocycles. The second-order valence-corrected chi connectivity index (χ2v) is 4.84. The summed E-state index contributed by atoms with van der Waals surface area (Å²) in [6, 6.07) is 10.2. The number of anilines is 2. The molecule has 0 radical (unpaired) electrons. The Morgan fingerprint density at radius 3 is 2.71 bits per heavy atom. The van der Waals surface area contributed by atoms with E-state index in [1.807, 2.05) is 0 Å². The van der Waals surface area contributed by atoms with Crippen LogP contribution in [0.1, 0.15) is 0 Å². The Kier molecular flexibility index (Phi) is 4.57. The molecule has 0 unspecified atom stereocenters. The van der Waals surface area contributed by atoms with Gasteiger partial charge >= 0.3 is 0 Å². The number of aliphatic hydroxyl groups is 1. The van der Waals surface area contributed by atoms with Crippen molar-refractivity contribution >= 4 is 22.7 Å². The van der Waals surface area contributed by atoms with Gasteiger partial charge in [-0.2, -0.15) is 4.98 Å². The van der Waals surface area contributed by atoms with E-state index in [-0.39, 0.29) is 18.8 Å². The molecule has 3 rings (SSSR count). The number of aliphatic hydroxyl groups excluding tert-OH is 1. The van der Waals surface area contributed by atoms with Crippen LogP contribution in [0.3, 0.4) is 0 Å². The van der Waals surface area contributed by atoms with Crippen molar-refractivity contribution in [3.63, 3.8) is 0 Å². The Bertz CT molecular complexity index is 893. The maximum atomic E-state index is 11.8. The molecule has 8 nitrogen and oxygen atoms in total. The molecule has 0 aliphatic rings. The normalized spacial score (nSPS) is 10.6. The number of ether oxygens (including phenoxy) is 1. The maximum Gasteiger partial charge on any atom is 0.285 e. The van der Waals surface area contributed by atoms with Crippen molar-refractivity contribution in [2.45, 2.75) is 0 Å². The fourth-order valence-corrected chi connectivity index (χ4v) is 2.16. The van der Waals surface area contributed by atoms with Crippen LogP contribution >= 0.6 is 0 Å². The predicted octanol–water partition coefficient (Wildman–Crippen LogP) is 0.965. The van der Waals surface area contributed by atoms with Gasteiger partial charge in [0.2, 0.25) is 5.95 Å². The number of aromatic nitrogens is 3. The first kappa shape index (κ1) is 15.8. The molecule has 0 spiro atoms. The van der Waals surface area contributed by atoms with Crippen molar-refractivity contribution in [3.05, 3.63) is 52.9 Å². The summed E-state index contributed by atoms with van der Waals surface area (Å²) < 4.78 is 6.40. The zero-order valence-corrected chi connectivity index (χ0v) is 13.0. The highest BCUT2D eigenvalue weighted by Gasteiger charge is 2.07. The number of pyridine rings is 1. The molecule has 0 fully saturated rings. The fourth-order valence-electron chi connectivity index (χ4n) is 2.16. The second-order valence-electron chi connectivity index (χ2n) is 4.84. The zero-order chi connectivity index (χ0) is 16.9. The summed E-state index contributed by atoms with van der Waals surface area (Å²) in [5.41, 5.74) is 0.832. The standard InChI is InChI=1S/C16H16N4O4/c1-23-20-14(22)7-2-11-10-17-16(19-15(11)20)18-12-3-5-13(6-4-12)24-9-8-21/h2-7,10,21H,8-9H2,1H3,(H,17,18,19). The average Bonchev–Trinajstić information content (AvgIpc) is 2.61. The van der Waals surface area contributed by atoms with E-state index in [1.54, 1.807) is 36.5 Å². The van der Waals surface area contributed by atoms with Gasteiger partial charge in [0, 0.05) is 23.3 Å². The lowest BCUT2D eigenvalue weighted by atomic mass is 10.3. The van der Waals surface area contributed by atoms with E-state index in [0.29, 0.717) is 22.7 Å². The van der Waals surface area contributed by atoms with Crippen LogP contribution in [-0.4, -0.2) is 40.1 Å². The highest BCUT2D eigenvalue weighted by atomic mass is 16.6. The van der Waals surface area contributed by atoms with Gasteiger partial charge in [-0.05, 0) is 30.3 Å². The Morgan fingerprint density at radius 2 is 2.00 bits per heavy atom. The first-order chi connectivity index (χ1) is 11.7. The number of benzene rings is 1. The molecule has 0 aliphatic carbocycles. The van der Waals surface area contributed by atoms with Crippen molar-refractivity contribution in [2.75, 3.05) is 25.6 Å². The first-order valence-electron chi connectivity index (χ1n) is 7.25. The predicted molar refractivity (Wildman–Crippen MR) is 88.6 cm³/mol. The van der Waals surface area contributed by atoms with Gasteiger partial charge in [-0.25, -0.2) is 4.98 Å². The molecule has 0 saturated carbocycles. The molecule has 2 heterocycles. The number of fused-ring (bicyclic) bond motifs is 1. The minimum absolute atomic E-state index is 0.0356. The third-order valence-electron chi connectivity index (χ3n) is 3.25. The van der Waals surface area contributed by atoms with Crippen molar-refractivity contribution in [3.8, 4) is 5.75 Å². The van der Waals surface area contributed by atoms with Crippen LogP contribution in [0.15, 0.2) is 47.4 Å². The van der Waals surface area contributed by atoms with E-state index in [0.717, 1.165) is 10.4 Å². The van der Waals surface area contributed by atoms with Crippen LogP contribution in [0.2, 0.25) is 0 Å². The summed E-state index contributed by atoms with van der Waals surface area (Å²) in [5.74, 6) is 0.991. The molecular formula is C16H16N4O4. The smallest absolute Gasteiger partial charge is 0.285 e. The summed E-state index contributed by atoms with van der Waals surface area (Å²) in [4.78, 5) is 25.4. The molecule has 3 aromatic rings. The van der Waals surface area contributed by atoms with Crippen molar-refractivity contribution in [1.82, 2.24) is 14.7 Å². The minimum atomic E-state index is -0.306. The Balaban J connectivity index is 1.86. The lowest BCUT2D eigenvalue weighted by Crippen LogP contribution is -2.25. The van der Waals surface area contributed by atoms with Crippen LogP contribution in [0.4, 0.5) is 11.6 Å². The lowest BCUT2D eigenvalue weighted by Gasteiger charge is -2.10. The average molecular weight is 328 g/mol. The van der Waals surface area contributed by atoms with Crippen molar-refractivity contribution in [1.29, 1.82) is 0 Å². The molecule has 2 aromatic heterocycles. The van der Waals surface area contributed by atoms with Crippen molar-refractivity contribution < 1.29 is 14.7 Å². The molecule has 2 N–H and O–H groups in total. The summed E-state index contributed by atoms with van der Waals surface area (Å²) >= 11 is 0. The first-order valence-corrected chi connectivity index (χ1v) is 7.25. The van der Waals surface area contributed by atoms with Gasteiger partial charge in [0.05, 0.1) is 6.61 Å². The Hall–Kier alpha value is -3.13. The van der Waals surface area contributed by atoms with Crippen LogP contribution in [0.25, 0.3) is 11.0 Å². The van der Waals surface area contributed by atoms with Gasteiger partial charge in [-0.1, -0.05) is 0 Å². The quantitative estimate of drug-likeness (QED) is 0.695. The summed E-state index contributed by atoms with van der Waals surface area (Å²) in [6.45, 7) is 0.210. The maximum absolute atomic E-state index is 11.8. The number of hydrogen-bond donors (Lipinski definition) is 2. The number of nitrogens with one attached hydrogen (secondary N) is 1. The number of hydrogen-bond acceptors (Lipinski definition) is 7. The van der Waals surface area contributed by atoms with Crippen LogP contribution in [0, 0.1) is 0 Å². The van der Waals surface area contributed by atoms with Crippen LogP contribution in [-0.2, 0) is 0 Å². The van der Waals surface area contributed by atoms with E-state index in [4.69, 9.17) is 14.7 Å². The Labute approximate surface area is 137 Å². The minimum Gasteiger partial charge on any atom is -0.491 e. The molecule has 8 heteroatoms. The molecule has 0 aliphatic heterocycles. The molecule has 24 heavy (non-hydrogen) atoms. The molecule has 124 valence electrons. The van der Waals surface area contributed by atoms with Gasteiger partial charge in [0.1, 0.15) is 19.5 Å². The van der Waals surface area contributed by atoms with Gasteiger partial charge in [-0.15, -0.1) is 4.73 Å². The fraction of sp³-hybridized carbons (Fsp3) is 0.188. The second kappa shape index (κ2) is 6.97. The van der Waals surface area contributed by atoms with E-state index in [9.17, 15) is 4.79 Å². The van der Waals surface area contributed by atoms with Gasteiger partial charge in [0.15, 0.2) is 5.65 Å². The van der Waals surface area contributed by atoms with Crippen LogP contribution in [0.5, 0.6) is 5.75 Å². The van der Waals surface area contributed by atoms with Crippen LogP contribution < -0.4 is 20.5 Å². The monoisotopic (exact) mass is 328 g/mol. The highest BCUT2D eigenvalue weighted by Crippen LogP contribution is 2.19. The highest BCUT2D eigenvalue weighted by molar-refractivity contribution is 5.75. The summed E-state index contributed by atoms with van der Waals surface area (Å²) in [7, 11) is 1.40. The summed E-state index contributed by atoms with van der Waals surface area (Å²) in [6.07, 6.45) is 1.61. The SMILES string of the molecule is COn1c(=O)ccc2cnc(Nc3ccc(OCCO)cc3)nc21. The Morgan fingerprint density at radius 1 is 1.21 bits per heavy atom. The van der Waals surface area contributed by atoms with Crippen molar-refractivity contribution in [2.24, 2.45) is 0 Å². The van der Waals surface area contributed by atoms with E-state index in [1.165, 1.54) is 13.2 Å². The van der Waals surface area contributed by atoms with E-state index >= 15 is 0 Å². The number of nitrogens with zero attached hydrogens (tertiary/aromatic N) is 3. The largest absolute Gasteiger partial charge is 0.491 e. The molecule has 0 bridgehead atoms. The topological polar surface area (TPSA) is 98.5 Å². The lowest BCUT2D eigenvalue weighted by molar-refractivity contribution is 0.167. The third-order valence-corrected chi connectivity index (χ3v) is 3.25. The summed E-state index contributed by atoms with van der Waals surface area (Å²) in [5, 5.41) is 12.5. The number of rotatable bonds is 6. The van der Waals surface area contributed by atoms with Gasteiger partial charge in [-0.3, -0.25) is 4.79 Å². The van der Waals surface area contributed by atoms with Gasteiger partial charge in [0.25, 0.3) is 5.56 Å². The van der Waals surface area contributed by atoms with E-state index < -0.39 is 0 Å². The molecule has 0 atom stereocenters. The molecule has 1 aromatic carbocycles.